The number of piperidine rings is 1. The van der Waals surface area contributed by atoms with Gasteiger partial charge in [0.15, 0.2) is 0 Å². The molecule has 0 amide bonds. The van der Waals surface area contributed by atoms with E-state index in [1.165, 1.54) is 4.90 Å². The van der Waals surface area contributed by atoms with Crippen LogP contribution in [0, 0.1) is 0 Å². The summed E-state index contributed by atoms with van der Waals surface area (Å²) >= 11 is 7.78. The van der Waals surface area contributed by atoms with Gasteiger partial charge >= 0.3 is 0 Å². The zero-order valence-electron chi connectivity index (χ0n) is 9.21. The lowest BCUT2D eigenvalue weighted by atomic mass is 9.97. The highest BCUT2D eigenvalue weighted by molar-refractivity contribution is 8.00. The van der Waals surface area contributed by atoms with Crippen LogP contribution in [0.3, 0.4) is 0 Å². The van der Waals surface area contributed by atoms with Gasteiger partial charge in [-0.25, -0.2) is 0 Å². The largest absolute Gasteiger partial charge is 0.329 e. The van der Waals surface area contributed by atoms with Gasteiger partial charge < -0.3 is 11.1 Å². The van der Waals surface area contributed by atoms with Gasteiger partial charge in [-0.05, 0) is 50.2 Å². The molecule has 0 spiro atoms. The van der Waals surface area contributed by atoms with E-state index in [2.05, 4.69) is 17.4 Å². The van der Waals surface area contributed by atoms with Crippen molar-refractivity contribution in [3.63, 3.8) is 0 Å². The number of rotatable bonds is 3. The molecule has 16 heavy (non-hydrogen) atoms. The minimum absolute atomic E-state index is 0.207. The predicted molar refractivity (Wildman–Crippen MR) is 71.2 cm³/mol. The summed E-state index contributed by atoms with van der Waals surface area (Å²) in [7, 11) is 0. The molecule has 1 aliphatic heterocycles. The fraction of sp³-hybridized carbons (Fsp3) is 0.500. The van der Waals surface area contributed by atoms with Gasteiger partial charge in [-0.15, -0.1) is 11.8 Å². The molecule has 1 saturated heterocycles. The van der Waals surface area contributed by atoms with Crippen LogP contribution < -0.4 is 11.1 Å². The molecule has 0 aliphatic carbocycles. The molecule has 2 rings (SSSR count). The number of hydrogen-bond donors (Lipinski definition) is 2. The fourth-order valence-corrected chi connectivity index (χ4v) is 3.37. The first-order chi connectivity index (χ1) is 7.74. The molecule has 0 radical (unpaired) electrons. The number of benzene rings is 1. The molecule has 0 unspecified atom stereocenters. The van der Waals surface area contributed by atoms with Crippen molar-refractivity contribution in [2.75, 3.05) is 19.6 Å². The monoisotopic (exact) mass is 256 g/mol. The van der Waals surface area contributed by atoms with E-state index in [4.69, 9.17) is 17.3 Å². The normalized spacial score (nSPS) is 19.6. The van der Waals surface area contributed by atoms with Crippen molar-refractivity contribution in [2.24, 2.45) is 5.73 Å². The van der Waals surface area contributed by atoms with E-state index >= 15 is 0 Å². The highest BCUT2D eigenvalue weighted by Gasteiger charge is 2.31. The van der Waals surface area contributed by atoms with Crippen molar-refractivity contribution >= 4 is 23.4 Å². The van der Waals surface area contributed by atoms with Crippen LogP contribution in [-0.2, 0) is 0 Å². The second-order valence-corrected chi connectivity index (χ2v) is 6.17. The second kappa shape index (κ2) is 5.41. The van der Waals surface area contributed by atoms with E-state index in [-0.39, 0.29) is 4.75 Å². The van der Waals surface area contributed by atoms with Crippen LogP contribution in [0.4, 0.5) is 0 Å². The highest BCUT2D eigenvalue weighted by atomic mass is 35.5. The Morgan fingerprint density at radius 2 is 1.88 bits per heavy atom. The van der Waals surface area contributed by atoms with Gasteiger partial charge in [0.1, 0.15) is 0 Å². The van der Waals surface area contributed by atoms with E-state index in [9.17, 15) is 0 Å². The van der Waals surface area contributed by atoms with E-state index in [1.807, 2.05) is 23.9 Å². The topological polar surface area (TPSA) is 38.0 Å². The summed E-state index contributed by atoms with van der Waals surface area (Å²) in [5.74, 6) is 0. The Hall–Kier alpha value is -0.220. The van der Waals surface area contributed by atoms with Crippen molar-refractivity contribution in [3.8, 4) is 0 Å². The zero-order valence-corrected chi connectivity index (χ0v) is 10.8. The van der Waals surface area contributed by atoms with Gasteiger partial charge in [-0.1, -0.05) is 11.6 Å². The molecule has 88 valence electrons. The average molecular weight is 257 g/mol. The maximum atomic E-state index is 5.94. The number of halogens is 1. The Balaban J connectivity index is 2.08. The number of hydrogen-bond acceptors (Lipinski definition) is 3. The lowest BCUT2D eigenvalue weighted by Gasteiger charge is -2.36. The van der Waals surface area contributed by atoms with Gasteiger partial charge in [-0.2, -0.15) is 0 Å². The Morgan fingerprint density at radius 1 is 1.25 bits per heavy atom. The summed E-state index contributed by atoms with van der Waals surface area (Å²) in [6, 6.07) is 8.03. The minimum atomic E-state index is 0.207. The highest BCUT2D eigenvalue weighted by Crippen LogP contribution is 2.38. The first-order valence-electron chi connectivity index (χ1n) is 5.59. The maximum Gasteiger partial charge on any atom is 0.0406 e. The van der Waals surface area contributed by atoms with Gasteiger partial charge in [0, 0.05) is 21.2 Å². The molecule has 1 aliphatic rings. The lowest BCUT2D eigenvalue weighted by Crippen LogP contribution is -2.44. The summed E-state index contributed by atoms with van der Waals surface area (Å²) in [5.41, 5.74) is 5.94. The van der Waals surface area contributed by atoms with Crippen LogP contribution in [0.15, 0.2) is 29.2 Å². The molecule has 0 saturated carbocycles. The molecular formula is C12H17ClN2S. The Bertz CT molecular complexity index is 333. The summed E-state index contributed by atoms with van der Waals surface area (Å²) in [5, 5.41) is 4.17. The minimum Gasteiger partial charge on any atom is -0.329 e. The lowest BCUT2D eigenvalue weighted by molar-refractivity contribution is 0.420. The number of nitrogens with two attached hydrogens (primary N) is 1. The zero-order chi connectivity index (χ0) is 11.4. The molecule has 1 heterocycles. The molecule has 0 aromatic heterocycles. The van der Waals surface area contributed by atoms with Crippen LogP contribution in [0.2, 0.25) is 5.02 Å². The Kier molecular flexibility index (Phi) is 4.14. The number of thioether (sulfide) groups is 1. The SMILES string of the molecule is NCC1(Sc2ccc(Cl)cc2)CCNCC1. The maximum absolute atomic E-state index is 5.94. The van der Waals surface area contributed by atoms with Crippen LogP contribution in [0.5, 0.6) is 0 Å². The summed E-state index contributed by atoms with van der Waals surface area (Å²) in [6.07, 6.45) is 2.27. The molecule has 1 fully saturated rings. The van der Waals surface area contributed by atoms with Crippen molar-refractivity contribution < 1.29 is 0 Å². The second-order valence-electron chi connectivity index (χ2n) is 4.19. The summed E-state index contributed by atoms with van der Waals surface area (Å²) in [6.45, 7) is 2.87. The molecule has 2 nitrogen and oxygen atoms in total. The van der Waals surface area contributed by atoms with Crippen LogP contribution in [-0.4, -0.2) is 24.4 Å². The predicted octanol–water partition coefficient (Wildman–Crippen LogP) is 2.51. The summed E-state index contributed by atoms with van der Waals surface area (Å²) < 4.78 is 0.207. The molecule has 1 aromatic rings. The first kappa shape index (κ1) is 12.2. The third kappa shape index (κ3) is 2.92. The Labute approximate surface area is 106 Å². The van der Waals surface area contributed by atoms with E-state index < -0.39 is 0 Å². The van der Waals surface area contributed by atoms with Crippen molar-refractivity contribution in [3.05, 3.63) is 29.3 Å². The molecule has 3 N–H and O–H groups in total. The molecular weight excluding hydrogens is 240 g/mol. The van der Waals surface area contributed by atoms with Crippen molar-refractivity contribution in [1.82, 2.24) is 5.32 Å². The third-order valence-electron chi connectivity index (χ3n) is 3.03. The quantitative estimate of drug-likeness (QED) is 0.873. The standard InChI is InChI=1S/C12H17ClN2S/c13-10-1-3-11(4-2-10)16-12(9-14)5-7-15-8-6-12/h1-4,15H,5-9,14H2. The van der Waals surface area contributed by atoms with Gasteiger partial charge in [0.2, 0.25) is 0 Å². The van der Waals surface area contributed by atoms with Crippen LogP contribution >= 0.6 is 23.4 Å². The molecule has 4 heteroatoms. The average Bonchev–Trinajstić information content (AvgIpc) is 2.33. The van der Waals surface area contributed by atoms with Crippen molar-refractivity contribution in [1.29, 1.82) is 0 Å². The first-order valence-corrected chi connectivity index (χ1v) is 6.79. The van der Waals surface area contributed by atoms with E-state index in [1.54, 1.807) is 0 Å². The van der Waals surface area contributed by atoms with E-state index in [0.717, 1.165) is 37.5 Å². The fourth-order valence-electron chi connectivity index (χ4n) is 1.98. The van der Waals surface area contributed by atoms with Crippen LogP contribution in [0.25, 0.3) is 0 Å². The molecule has 0 bridgehead atoms. The molecule has 0 atom stereocenters. The van der Waals surface area contributed by atoms with Gasteiger partial charge in [-0.3, -0.25) is 0 Å². The third-order valence-corrected chi connectivity index (χ3v) is 4.80. The Morgan fingerprint density at radius 3 is 2.44 bits per heavy atom. The molecule has 1 aromatic carbocycles. The smallest absolute Gasteiger partial charge is 0.0406 e. The van der Waals surface area contributed by atoms with Crippen LogP contribution in [0.1, 0.15) is 12.8 Å². The van der Waals surface area contributed by atoms with Crippen molar-refractivity contribution in [2.45, 2.75) is 22.5 Å². The number of nitrogens with one attached hydrogen (secondary N) is 1. The van der Waals surface area contributed by atoms with Gasteiger partial charge in [0.05, 0.1) is 0 Å². The van der Waals surface area contributed by atoms with E-state index in [0.29, 0.717) is 0 Å². The summed E-state index contributed by atoms with van der Waals surface area (Å²) in [4.78, 5) is 1.26. The van der Waals surface area contributed by atoms with Gasteiger partial charge in [0.25, 0.3) is 0 Å².